The fourth-order valence-electron chi connectivity index (χ4n) is 2.22. The summed E-state index contributed by atoms with van der Waals surface area (Å²) in [5.41, 5.74) is -1.70. The molecule has 9 heteroatoms. The highest BCUT2D eigenvalue weighted by atomic mass is 32.2. The average Bonchev–Trinajstić information content (AvgIpc) is 2.53. The standard InChI is InChI=1S/C16H16F3NO4S/c1-3-12(21)24-15-14(25(2,22)23)13(10-7-5-4-6-8-10)11(9-20-15)16(17,18)19/h4-9,12,21H,3H2,1-2H3. The van der Waals surface area contributed by atoms with Gasteiger partial charge in [0.05, 0.1) is 5.56 Å². The Morgan fingerprint density at radius 3 is 2.32 bits per heavy atom. The predicted molar refractivity (Wildman–Crippen MR) is 84.7 cm³/mol. The van der Waals surface area contributed by atoms with Crippen molar-refractivity contribution in [2.45, 2.75) is 30.7 Å². The Bertz CT molecular complexity index is 852. The molecule has 1 aromatic carbocycles. The number of rotatable bonds is 5. The topological polar surface area (TPSA) is 76.5 Å². The quantitative estimate of drug-likeness (QED) is 0.812. The largest absolute Gasteiger partial charge is 0.447 e. The zero-order valence-electron chi connectivity index (χ0n) is 13.4. The van der Waals surface area contributed by atoms with Gasteiger partial charge in [-0.1, -0.05) is 37.3 Å². The van der Waals surface area contributed by atoms with E-state index < -0.39 is 44.2 Å². The summed E-state index contributed by atoms with van der Waals surface area (Å²) in [7, 11) is -4.15. The molecule has 0 aliphatic rings. The second kappa shape index (κ2) is 7.01. The van der Waals surface area contributed by atoms with E-state index in [1.165, 1.54) is 24.3 Å². The first-order valence-corrected chi connectivity index (χ1v) is 9.15. The number of benzene rings is 1. The number of aliphatic hydroxyl groups is 1. The molecule has 2 aromatic rings. The molecule has 0 amide bonds. The summed E-state index contributed by atoms with van der Waals surface area (Å²) in [6.45, 7) is 1.56. The number of aliphatic hydroxyl groups excluding tert-OH is 1. The number of hydrogen-bond acceptors (Lipinski definition) is 5. The van der Waals surface area contributed by atoms with Crippen molar-refractivity contribution in [2.75, 3.05) is 6.26 Å². The first-order valence-electron chi connectivity index (χ1n) is 7.26. The van der Waals surface area contributed by atoms with Crippen LogP contribution in [-0.4, -0.2) is 31.1 Å². The van der Waals surface area contributed by atoms with Crippen LogP contribution >= 0.6 is 0 Å². The van der Waals surface area contributed by atoms with Gasteiger partial charge in [-0.2, -0.15) is 13.2 Å². The highest BCUT2D eigenvalue weighted by molar-refractivity contribution is 7.91. The summed E-state index contributed by atoms with van der Waals surface area (Å²) < 4.78 is 69.8. The minimum Gasteiger partial charge on any atom is -0.447 e. The Balaban J connectivity index is 2.89. The first kappa shape index (κ1) is 19.2. The highest BCUT2D eigenvalue weighted by Gasteiger charge is 2.38. The third-order valence-electron chi connectivity index (χ3n) is 3.34. The van der Waals surface area contributed by atoms with Crippen molar-refractivity contribution in [3.63, 3.8) is 0 Å². The van der Waals surface area contributed by atoms with Crippen LogP contribution in [0.5, 0.6) is 5.88 Å². The summed E-state index contributed by atoms with van der Waals surface area (Å²) >= 11 is 0. The third-order valence-corrected chi connectivity index (χ3v) is 4.46. The van der Waals surface area contributed by atoms with Crippen molar-refractivity contribution in [1.82, 2.24) is 4.98 Å². The van der Waals surface area contributed by atoms with Gasteiger partial charge in [0.15, 0.2) is 16.1 Å². The normalized spacial score (nSPS) is 13.5. The number of ether oxygens (including phenoxy) is 1. The molecule has 0 aliphatic heterocycles. The summed E-state index contributed by atoms with van der Waals surface area (Å²) in [6, 6.07) is 7.29. The second-order valence-corrected chi connectivity index (χ2v) is 7.25. The Labute approximate surface area is 143 Å². The van der Waals surface area contributed by atoms with Crippen LogP contribution in [0.1, 0.15) is 18.9 Å². The van der Waals surface area contributed by atoms with Crippen LogP contribution < -0.4 is 4.74 Å². The van der Waals surface area contributed by atoms with Gasteiger partial charge in [-0.3, -0.25) is 0 Å². The van der Waals surface area contributed by atoms with Gasteiger partial charge in [-0.05, 0) is 5.56 Å². The summed E-state index contributed by atoms with van der Waals surface area (Å²) in [5.74, 6) is -0.566. The lowest BCUT2D eigenvalue weighted by Crippen LogP contribution is -2.19. The Hall–Kier alpha value is -2.13. The van der Waals surface area contributed by atoms with E-state index in [4.69, 9.17) is 4.74 Å². The molecule has 0 spiro atoms. The minimum atomic E-state index is -4.82. The fourth-order valence-corrected chi connectivity index (χ4v) is 3.24. The van der Waals surface area contributed by atoms with Gasteiger partial charge < -0.3 is 9.84 Å². The summed E-state index contributed by atoms with van der Waals surface area (Å²) in [5, 5.41) is 9.61. The molecule has 1 aromatic heterocycles. The van der Waals surface area contributed by atoms with E-state index in [0.717, 1.165) is 6.26 Å². The molecular formula is C16H16F3NO4S. The number of halogens is 3. The van der Waals surface area contributed by atoms with Gasteiger partial charge in [0.1, 0.15) is 4.90 Å². The van der Waals surface area contributed by atoms with E-state index in [0.29, 0.717) is 6.20 Å². The number of aromatic nitrogens is 1. The van der Waals surface area contributed by atoms with Crippen LogP contribution in [0.3, 0.4) is 0 Å². The Kier molecular flexibility index (Phi) is 5.38. The average molecular weight is 375 g/mol. The van der Waals surface area contributed by atoms with Crippen LogP contribution in [0.2, 0.25) is 0 Å². The van der Waals surface area contributed by atoms with Crippen LogP contribution in [0.25, 0.3) is 11.1 Å². The molecule has 5 nitrogen and oxygen atoms in total. The van der Waals surface area contributed by atoms with Crippen molar-refractivity contribution < 1.29 is 31.4 Å². The molecule has 136 valence electrons. The molecule has 1 unspecified atom stereocenters. The Morgan fingerprint density at radius 2 is 1.84 bits per heavy atom. The fraction of sp³-hybridized carbons (Fsp3) is 0.312. The molecule has 0 radical (unpaired) electrons. The van der Waals surface area contributed by atoms with E-state index in [1.54, 1.807) is 13.0 Å². The van der Waals surface area contributed by atoms with Gasteiger partial charge in [0, 0.05) is 24.4 Å². The first-order chi connectivity index (χ1) is 11.6. The molecule has 0 saturated carbocycles. The Morgan fingerprint density at radius 1 is 1.24 bits per heavy atom. The molecule has 1 atom stereocenters. The third kappa shape index (κ3) is 4.29. The van der Waals surface area contributed by atoms with E-state index in [2.05, 4.69) is 4.98 Å². The van der Waals surface area contributed by atoms with Crippen LogP contribution in [-0.2, 0) is 16.0 Å². The van der Waals surface area contributed by atoms with Gasteiger partial charge in [-0.25, -0.2) is 13.4 Å². The maximum atomic E-state index is 13.4. The zero-order valence-corrected chi connectivity index (χ0v) is 14.2. The summed E-state index contributed by atoms with van der Waals surface area (Å²) in [6.07, 6.45) is -4.84. The van der Waals surface area contributed by atoms with Crippen molar-refractivity contribution in [3.05, 3.63) is 42.1 Å². The molecule has 0 saturated heterocycles. The summed E-state index contributed by atoms with van der Waals surface area (Å²) in [4.78, 5) is 2.80. The predicted octanol–water partition coefficient (Wildman–Crippen LogP) is 3.28. The van der Waals surface area contributed by atoms with E-state index in [9.17, 15) is 26.7 Å². The van der Waals surface area contributed by atoms with Gasteiger partial charge in [0.2, 0.25) is 5.88 Å². The van der Waals surface area contributed by atoms with Gasteiger partial charge in [-0.15, -0.1) is 0 Å². The van der Waals surface area contributed by atoms with Crippen LogP contribution in [0.4, 0.5) is 13.2 Å². The number of nitrogens with zero attached hydrogens (tertiary/aromatic N) is 1. The lowest BCUT2D eigenvalue weighted by atomic mass is 10.0. The van der Waals surface area contributed by atoms with E-state index in [1.807, 2.05) is 0 Å². The van der Waals surface area contributed by atoms with Crippen LogP contribution in [0, 0.1) is 0 Å². The van der Waals surface area contributed by atoms with Crippen molar-refractivity contribution in [2.24, 2.45) is 0 Å². The second-order valence-electron chi connectivity index (χ2n) is 5.30. The number of sulfone groups is 1. The lowest BCUT2D eigenvalue weighted by molar-refractivity contribution is -0.137. The molecule has 2 rings (SSSR count). The number of alkyl halides is 3. The van der Waals surface area contributed by atoms with E-state index >= 15 is 0 Å². The van der Waals surface area contributed by atoms with Crippen molar-refractivity contribution >= 4 is 9.84 Å². The highest BCUT2D eigenvalue weighted by Crippen LogP contribution is 2.43. The monoisotopic (exact) mass is 375 g/mol. The molecule has 1 heterocycles. The molecular weight excluding hydrogens is 359 g/mol. The smallest absolute Gasteiger partial charge is 0.418 e. The molecule has 1 N–H and O–H groups in total. The van der Waals surface area contributed by atoms with Gasteiger partial charge in [0.25, 0.3) is 0 Å². The maximum Gasteiger partial charge on any atom is 0.418 e. The van der Waals surface area contributed by atoms with Gasteiger partial charge >= 0.3 is 6.18 Å². The van der Waals surface area contributed by atoms with E-state index in [-0.39, 0.29) is 12.0 Å². The molecule has 25 heavy (non-hydrogen) atoms. The molecule has 0 fully saturated rings. The minimum absolute atomic E-state index is 0.0495. The zero-order chi connectivity index (χ0) is 18.8. The maximum absolute atomic E-state index is 13.4. The molecule has 0 bridgehead atoms. The lowest BCUT2D eigenvalue weighted by Gasteiger charge is -2.20. The SMILES string of the molecule is CCC(O)Oc1ncc(C(F)(F)F)c(-c2ccccc2)c1S(C)(=O)=O. The van der Waals surface area contributed by atoms with Crippen molar-refractivity contribution in [1.29, 1.82) is 0 Å². The van der Waals surface area contributed by atoms with Crippen LogP contribution in [0.15, 0.2) is 41.4 Å². The molecule has 0 aliphatic carbocycles. The number of hydrogen-bond donors (Lipinski definition) is 1. The number of pyridine rings is 1. The van der Waals surface area contributed by atoms with Crippen molar-refractivity contribution in [3.8, 4) is 17.0 Å².